The van der Waals surface area contributed by atoms with Gasteiger partial charge in [-0.05, 0) is 40.5 Å². The van der Waals surface area contributed by atoms with Crippen molar-refractivity contribution in [1.82, 2.24) is 4.98 Å². The minimum absolute atomic E-state index is 0.505. The Hall–Kier alpha value is -1.68. The van der Waals surface area contributed by atoms with E-state index < -0.39 is 0 Å². The second-order valence-electron chi connectivity index (χ2n) is 3.92. The second kappa shape index (κ2) is 5.31. The van der Waals surface area contributed by atoms with E-state index in [2.05, 4.69) is 20.9 Å². The van der Waals surface area contributed by atoms with Gasteiger partial charge in [-0.15, -0.1) is 0 Å². The van der Waals surface area contributed by atoms with E-state index in [1.54, 1.807) is 13.3 Å². The highest BCUT2D eigenvalue weighted by atomic mass is 79.9. The second-order valence-corrected chi connectivity index (χ2v) is 4.83. The Balaban J connectivity index is 2.67. The number of carbonyl (C=O) groups excluding carboxylic acids is 1. The Morgan fingerprint density at radius 1 is 1.28 bits per heavy atom. The number of carbonyl (C=O) groups is 1. The van der Waals surface area contributed by atoms with E-state index >= 15 is 0 Å². The minimum Gasteiger partial charge on any atom is -0.481 e. The summed E-state index contributed by atoms with van der Waals surface area (Å²) >= 11 is 3.38. The fourth-order valence-corrected chi connectivity index (χ4v) is 2.14. The van der Waals surface area contributed by atoms with Gasteiger partial charge in [0.05, 0.1) is 7.11 Å². The molecule has 18 heavy (non-hydrogen) atoms. The van der Waals surface area contributed by atoms with Crippen LogP contribution in [0.2, 0.25) is 0 Å². The van der Waals surface area contributed by atoms with Crippen molar-refractivity contribution >= 4 is 22.2 Å². The third kappa shape index (κ3) is 2.43. The van der Waals surface area contributed by atoms with Crippen LogP contribution in [0.15, 0.2) is 34.9 Å². The van der Waals surface area contributed by atoms with Crippen molar-refractivity contribution in [2.24, 2.45) is 0 Å². The first-order chi connectivity index (χ1) is 8.65. The molecule has 0 aliphatic rings. The first-order valence-electron chi connectivity index (χ1n) is 5.41. The van der Waals surface area contributed by atoms with Gasteiger partial charge in [0.1, 0.15) is 0 Å². The molecule has 0 amide bonds. The van der Waals surface area contributed by atoms with E-state index in [4.69, 9.17) is 4.74 Å². The molecule has 0 unspecified atom stereocenters. The number of hydrogen-bond acceptors (Lipinski definition) is 3. The largest absolute Gasteiger partial charge is 0.481 e. The van der Waals surface area contributed by atoms with Gasteiger partial charge in [0, 0.05) is 21.8 Å². The summed E-state index contributed by atoms with van der Waals surface area (Å²) in [5.74, 6) is 0.505. The highest BCUT2D eigenvalue weighted by Gasteiger charge is 2.12. The molecule has 3 nitrogen and oxygen atoms in total. The number of methoxy groups -OCH3 is 1. The fourth-order valence-electron chi connectivity index (χ4n) is 1.81. The first-order valence-corrected chi connectivity index (χ1v) is 6.20. The molecule has 0 saturated heterocycles. The van der Waals surface area contributed by atoms with Crippen LogP contribution in [0.1, 0.15) is 15.9 Å². The molecule has 0 atom stereocenters. The average molecular weight is 306 g/mol. The average Bonchev–Trinajstić information content (AvgIpc) is 2.38. The van der Waals surface area contributed by atoms with Crippen molar-refractivity contribution in [3.8, 4) is 17.0 Å². The van der Waals surface area contributed by atoms with Crippen LogP contribution in [0.25, 0.3) is 11.1 Å². The van der Waals surface area contributed by atoms with E-state index in [1.807, 2.05) is 31.2 Å². The zero-order valence-corrected chi connectivity index (χ0v) is 11.7. The maximum Gasteiger partial charge on any atom is 0.221 e. The predicted molar refractivity (Wildman–Crippen MR) is 74.0 cm³/mol. The molecule has 0 N–H and O–H groups in total. The Labute approximate surface area is 114 Å². The molecule has 0 saturated carbocycles. The number of aromatic nitrogens is 1. The summed E-state index contributed by atoms with van der Waals surface area (Å²) in [6.07, 6.45) is 2.51. The molecule has 1 aromatic carbocycles. The van der Waals surface area contributed by atoms with Crippen LogP contribution < -0.4 is 4.74 Å². The topological polar surface area (TPSA) is 39.2 Å². The Morgan fingerprint density at radius 3 is 2.72 bits per heavy atom. The fraction of sp³-hybridized carbons (Fsp3) is 0.143. The predicted octanol–water partition coefficient (Wildman–Crippen LogP) is 3.64. The van der Waals surface area contributed by atoms with Crippen molar-refractivity contribution in [3.63, 3.8) is 0 Å². The molecule has 2 aromatic rings. The van der Waals surface area contributed by atoms with Gasteiger partial charge in [-0.3, -0.25) is 4.79 Å². The molecule has 0 radical (unpaired) electrons. The van der Waals surface area contributed by atoms with E-state index in [0.29, 0.717) is 11.4 Å². The summed E-state index contributed by atoms with van der Waals surface area (Å²) in [5.41, 5.74) is 3.30. The zero-order valence-electron chi connectivity index (χ0n) is 10.1. The van der Waals surface area contributed by atoms with E-state index in [9.17, 15) is 4.79 Å². The molecule has 1 aromatic heterocycles. The van der Waals surface area contributed by atoms with E-state index in [1.165, 1.54) is 0 Å². The van der Waals surface area contributed by atoms with Gasteiger partial charge >= 0.3 is 0 Å². The van der Waals surface area contributed by atoms with Crippen LogP contribution in [0.4, 0.5) is 0 Å². The molecular formula is C14H12BrNO2. The minimum atomic E-state index is 0.505. The molecule has 0 spiro atoms. The Kier molecular flexibility index (Phi) is 3.77. The standard InChI is InChI=1S/C14H12BrNO2/c1-9-3-4-12(10(5-9)8-17)13-6-11(15)7-16-14(13)18-2/h3-8H,1-2H3. The number of benzene rings is 1. The van der Waals surface area contributed by atoms with Gasteiger partial charge in [0.2, 0.25) is 5.88 Å². The normalized spacial score (nSPS) is 10.2. The van der Waals surface area contributed by atoms with Crippen molar-refractivity contribution in [1.29, 1.82) is 0 Å². The zero-order chi connectivity index (χ0) is 13.1. The summed E-state index contributed by atoms with van der Waals surface area (Å²) in [7, 11) is 1.56. The number of aryl methyl sites for hydroxylation is 1. The number of rotatable bonds is 3. The molecule has 2 rings (SSSR count). The number of nitrogens with zero attached hydrogens (tertiary/aromatic N) is 1. The summed E-state index contributed by atoms with van der Waals surface area (Å²) in [5, 5.41) is 0. The lowest BCUT2D eigenvalue weighted by atomic mass is 9.99. The number of hydrogen-bond donors (Lipinski definition) is 0. The van der Waals surface area contributed by atoms with Gasteiger partial charge in [-0.25, -0.2) is 4.98 Å². The Morgan fingerprint density at radius 2 is 2.06 bits per heavy atom. The number of halogens is 1. The van der Waals surface area contributed by atoms with Crippen LogP contribution in [0.3, 0.4) is 0 Å². The van der Waals surface area contributed by atoms with E-state index in [0.717, 1.165) is 27.4 Å². The molecule has 92 valence electrons. The summed E-state index contributed by atoms with van der Waals surface area (Å²) in [4.78, 5) is 15.4. The third-order valence-corrected chi connectivity index (χ3v) is 3.07. The maximum atomic E-state index is 11.2. The number of ether oxygens (including phenoxy) is 1. The third-order valence-electron chi connectivity index (χ3n) is 2.64. The summed E-state index contributed by atoms with van der Waals surface area (Å²) in [6, 6.07) is 7.61. The van der Waals surface area contributed by atoms with E-state index in [-0.39, 0.29) is 0 Å². The van der Waals surface area contributed by atoms with Crippen molar-refractivity contribution in [3.05, 3.63) is 46.1 Å². The lowest BCUT2D eigenvalue weighted by Crippen LogP contribution is -1.95. The SMILES string of the molecule is COc1ncc(Br)cc1-c1ccc(C)cc1C=O. The molecule has 1 heterocycles. The highest BCUT2D eigenvalue weighted by Crippen LogP contribution is 2.32. The number of pyridine rings is 1. The van der Waals surface area contributed by atoms with Crippen LogP contribution in [0.5, 0.6) is 5.88 Å². The van der Waals surface area contributed by atoms with Crippen molar-refractivity contribution in [2.45, 2.75) is 6.92 Å². The van der Waals surface area contributed by atoms with Gasteiger partial charge < -0.3 is 4.74 Å². The molecule has 0 aliphatic carbocycles. The van der Waals surface area contributed by atoms with Gasteiger partial charge in [0.25, 0.3) is 0 Å². The smallest absolute Gasteiger partial charge is 0.221 e. The van der Waals surface area contributed by atoms with Crippen molar-refractivity contribution < 1.29 is 9.53 Å². The number of aldehydes is 1. The molecular weight excluding hydrogens is 294 g/mol. The van der Waals surface area contributed by atoms with Crippen LogP contribution in [-0.4, -0.2) is 18.4 Å². The molecule has 4 heteroatoms. The van der Waals surface area contributed by atoms with Crippen molar-refractivity contribution in [2.75, 3.05) is 7.11 Å². The van der Waals surface area contributed by atoms with Gasteiger partial charge in [-0.1, -0.05) is 17.7 Å². The van der Waals surface area contributed by atoms with Crippen LogP contribution >= 0.6 is 15.9 Å². The van der Waals surface area contributed by atoms with Gasteiger partial charge in [-0.2, -0.15) is 0 Å². The summed E-state index contributed by atoms with van der Waals surface area (Å²) in [6.45, 7) is 1.95. The molecule has 0 fully saturated rings. The quantitative estimate of drug-likeness (QED) is 0.813. The monoisotopic (exact) mass is 305 g/mol. The highest BCUT2D eigenvalue weighted by molar-refractivity contribution is 9.10. The molecule has 0 aliphatic heterocycles. The van der Waals surface area contributed by atoms with Crippen LogP contribution in [-0.2, 0) is 0 Å². The maximum absolute atomic E-state index is 11.2. The summed E-state index contributed by atoms with van der Waals surface area (Å²) < 4.78 is 6.08. The lowest BCUT2D eigenvalue weighted by molar-refractivity contribution is 0.112. The first kappa shape index (κ1) is 12.8. The Bertz CT molecular complexity index is 596. The molecule has 0 bridgehead atoms. The lowest BCUT2D eigenvalue weighted by Gasteiger charge is -2.10. The van der Waals surface area contributed by atoms with Gasteiger partial charge in [0.15, 0.2) is 6.29 Å². The van der Waals surface area contributed by atoms with Crippen LogP contribution in [0, 0.1) is 6.92 Å².